The van der Waals surface area contributed by atoms with Crippen LogP contribution in [0.25, 0.3) is 0 Å². The van der Waals surface area contributed by atoms with E-state index in [4.69, 9.17) is 0 Å². The molecular weight excluding hydrogens is 120 g/mol. The monoisotopic (exact) mass is 132 g/mol. The molecule has 52 valence electrons. The highest BCUT2D eigenvalue weighted by molar-refractivity contribution is 5.39. The van der Waals surface area contributed by atoms with Crippen LogP contribution in [-0.2, 0) is 0 Å². The van der Waals surface area contributed by atoms with Gasteiger partial charge in [0.05, 0.1) is 5.41 Å². The van der Waals surface area contributed by atoms with Crippen molar-refractivity contribution in [3.05, 3.63) is 12.2 Å². The molecule has 0 saturated heterocycles. The van der Waals surface area contributed by atoms with Crippen molar-refractivity contribution in [1.29, 1.82) is 0 Å². The zero-order valence-electron chi connectivity index (χ0n) is 6.52. The van der Waals surface area contributed by atoms with E-state index in [-0.39, 0.29) is 5.41 Å². The van der Waals surface area contributed by atoms with Crippen LogP contribution < -0.4 is 0 Å². The lowest BCUT2D eigenvalue weighted by Crippen LogP contribution is -1.88. The molecule has 2 aliphatic rings. The summed E-state index contributed by atoms with van der Waals surface area (Å²) in [5.74, 6) is 8.15. The number of allylic oxidation sites excluding steroid dienone is 2. The van der Waals surface area contributed by atoms with Crippen LogP contribution in [-0.4, -0.2) is 0 Å². The summed E-state index contributed by atoms with van der Waals surface area (Å²) in [6.07, 6.45) is 5.64. The largest absolute Gasteiger partial charge is 0.0984 e. The molecule has 2 aliphatic carbocycles. The Bertz CT molecular complexity index is 230. The Morgan fingerprint density at radius 2 is 2.10 bits per heavy atom. The lowest BCUT2D eigenvalue weighted by atomic mass is 10.1. The standard InChI is InChI=1S/C10H12/c1-8-7-9(8)3-4-10(2)5-6-10/h5-6,8-9H,7H2,1-2H3. The Morgan fingerprint density at radius 3 is 2.50 bits per heavy atom. The molecule has 0 bridgehead atoms. The second kappa shape index (κ2) is 1.66. The molecule has 0 aromatic heterocycles. The average Bonchev–Trinajstić information content (AvgIpc) is 2.71. The van der Waals surface area contributed by atoms with Crippen LogP contribution in [0.3, 0.4) is 0 Å². The Kier molecular flexibility index (Phi) is 1.01. The number of hydrogen-bond donors (Lipinski definition) is 0. The molecule has 0 nitrogen and oxygen atoms in total. The van der Waals surface area contributed by atoms with Gasteiger partial charge in [-0.2, -0.15) is 0 Å². The first-order valence-electron chi connectivity index (χ1n) is 3.93. The van der Waals surface area contributed by atoms with Crippen molar-refractivity contribution in [3.63, 3.8) is 0 Å². The molecule has 2 atom stereocenters. The molecule has 0 heterocycles. The third-order valence-electron chi connectivity index (χ3n) is 2.30. The van der Waals surface area contributed by atoms with Gasteiger partial charge in [0.2, 0.25) is 0 Å². The first-order valence-corrected chi connectivity index (χ1v) is 3.93. The average molecular weight is 132 g/mol. The summed E-state index contributed by atoms with van der Waals surface area (Å²) in [6, 6.07) is 0. The van der Waals surface area contributed by atoms with E-state index in [1.54, 1.807) is 0 Å². The Balaban J connectivity index is 1.92. The maximum Gasteiger partial charge on any atom is 0.0646 e. The van der Waals surface area contributed by atoms with Crippen molar-refractivity contribution in [2.24, 2.45) is 17.3 Å². The van der Waals surface area contributed by atoms with Crippen molar-refractivity contribution < 1.29 is 0 Å². The van der Waals surface area contributed by atoms with Gasteiger partial charge < -0.3 is 0 Å². The molecule has 1 fully saturated rings. The second-order valence-corrected chi connectivity index (χ2v) is 3.70. The molecule has 0 aliphatic heterocycles. The Labute approximate surface area is 62.3 Å². The lowest BCUT2D eigenvalue weighted by molar-refractivity contribution is 0.863. The minimum Gasteiger partial charge on any atom is -0.0984 e. The third kappa shape index (κ3) is 1.09. The summed E-state index contributed by atoms with van der Waals surface area (Å²) in [5, 5.41) is 0. The fourth-order valence-electron chi connectivity index (χ4n) is 0.980. The van der Waals surface area contributed by atoms with Gasteiger partial charge in [0.15, 0.2) is 0 Å². The molecule has 0 aromatic rings. The van der Waals surface area contributed by atoms with E-state index in [1.165, 1.54) is 6.42 Å². The van der Waals surface area contributed by atoms with Crippen LogP contribution in [0.15, 0.2) is 12.2 Å². The topological polar surface area (TPSA) is 0 Å². The van der Waals surface area contributed by atoms with E-state index in [1.807, 2.05) is 0 Å². The first-order chi connectivity index (χ1) is 4.70. The summed E-state index contributed by atoms with van der Waals surface area (Å²) in [7, 11) is 0. The molecule has 10 heavy (non-hydrogen) atoms. The Morgan fingerprint density at radius 1 is 1.50 bits per heavy atom. The van der Waals surface area contributed by atoms with E-state index >= 15 is 0 Å². The van der Waals surface area contributed by atoms with Gasteiger partial charge in [-0.05, 0) is 19.3 Å². The molecule has 0 heteroatoms. The fraction of sp³-hybridized carbons (Fsp3) is 0.600. The van der Waals surface area contributed by atoms with Crippen LogP contribution in [0.1, 0.15) is 20.3 Å². The summed E-state index contributed by atoms with van der Waals surface area (Å²) in [6.45, 7) is 4.43. The number of rotatable bonds is 0. The van der Waals surface area contributed by atoms with Gasteiger partial charge >= 0.3 is 0 Å². The lowest BCUT2D eigenvalue weighted by Gasteiger charge is -1.92. The molecular formula is C10H12. The van der Waals surface area contributed by atoms with Gasteiger partial charge in [-0.25, -0.2) is 0 Å². The molecule has 0 radical (unpaired) electrons. The van der Waals surface area contributed by atoms with Crippen LogP contribution in [0.5, 0.6) is 0 Å². The summed E-state index contributed by atoms with van der Waals surface area (Å²) < 4.78 is 0. The predicted octanol–water partition coefficient (Wildman–Crippen LogP) is 2.22. The zero-order valence-corrected chi connectivity index (χ0v) is 6.52. The predicted molar refractivity (Wildman–Crippen MR) is 42.3 cm³/mol. The van der Waals surface area contributed by atoms with Gasteiger partial charge in [-0.1, -0.05) is 30.9 Å². The van der Waals surface area contributed by atoms with Crippen molar-refractivity contribution >= 4 is 0 Å². The van der Waals surface area contributed by atoms with Crippen LogP contribution in [0, 0.1) is 29.1 Å². The van der Waals surface area contributed by atoms with E-state index in [9.17, 15) is 0 Å². The molecule has 1 saturated carbocycles. The number of hydrogen-bond acceptors (Lipinski definition) is 0. The summed E-state index contributed by atoms with van der Waals surface area (Å²) in [4.78, 5) is 0. The van der Waals surface area contributed by atoms with Gasteiger partial charge in [0.25, 0.3) is 0 Å². The van der Waals surface area contributed by atoms with Crippen molar-refractivity contribution in [1.82, 2.24) is 0 Å². The normalized spacial score (nSPS) is 38.2. The van der Waals surface area contributed by atoms with Gasteiger partial charge in [-0.15, -0.1) is 0 Å². The van der Waals surface area contributed by atoms with E-state index in [2.05, 4.69) is 37.8 Å². The second-order valence-electron chi connectivity index (χ2n) is 3.70. The van der Waals surface area contributed by atoms with E-state index < -0.39 is 0 Å². The molecule has 0 spiro atoms. The highest BCUT2D eigenvalue weighted by Gasteiger charge is 2.32. The van der Waals surface area contributed by atoms with Crippen molar-refractivity contribution in [2.75, 3.05) is 0 Å². The smallest absolute Gasteiger partial charge is 0.0646 e. The molecule has 2 rings (SSSR count). The molecule has 0 N–H and O–H groups in total. The van der Waals surface area contributed by atoms with Crippen LogP contribution in [0.2, 0.25) is 0 Å². The van der Waals surface area contributed by atoms with Crippen LogP contribution in [0.4, 0.5) is 0 Å². The van der Waals surface area contributed by atoms with Gasteiger partial charge in [-0.3, -0.25) is 0 Å². The Hall–Kier alpha value is -0.700. The SMILES string of the molecule is CC1CC1C#CC1(C)C=C1. The first kappa shape index (κ1) is 6.04. The summed E-state index contributed by atoms with van der Waals surface area (Å²) >= 11 is 0. The van der Waals surface area contributed by atoms with Gasteiger partial charge in [0.1, 0.15) is 0 Å². The zero-order chi connectivity index (χ0) is 7.19. The highest BCUT2D eigenvalue weighted by atomic mass is 14.3. The molecule has 0 aromatic carbocycles. The van der Waals surface area contributed by atoms with E-state index in [0.717, 1.165) is 11.8 Å². The minimum atomic E-state index is 0.197. The maximum absolute atomic E-state index is 3.30. The van der Waals surface area contributed by atoms with E-state index in [0.29, 0.717) is 0 Å². The fourth-order valence-corrected chi connectivity index (χ4v) is 0.980. The highest BCUT2D eigenvalue weighted by Crippen LogP contribution is 2.38. The molecule has 0 amide bonds. The third-order valence-corrected chi connectivity index (χ3v) is 2.30. The summed E-state index contributed by atoms with van der Waals surface area (Å²) in [5.41, 5.74) is 0.197. The van der Waals surface area contributed by atoms with Gasteiger partial charge in [0, 0.05) is 5.92 Å². The van der Waals surface area contributed by atoms with Crippen molar-refractivity contribution in [2.45, 2.75) is 20.3 Å². The van der Waals surface area contributed by atoms with Crippen LogP contribution >= 0.6 is 0 Å². The van der Waals surface area contributed by atoms with Crippen molar-refractivity contribution in [3.8, 4) is 11.8 Å². The minimum absolute atomic E-state index is 0.197. The quantitative estimate of drug-likeness (QED) is 0.350. The maximum atomic E-state index is 3.30. The molecule has 2 unspecified atom stereocenters.